The number of benzene rings is 2. The Morgan fingerprint density at radius 3 is 1.62 bits per heavy atom. The second kappa shape index (κ2) is 14.6. The zero-order valence-corrected chi connectivity index (χ0v) is 30.3. The van der Waals surface area contributed by atoms with Crippen molar-refractivity contribution in [3.8, 4) is 22.3 Å². The van der Waals surface area contributed by atoms with Gasteiger partial charge in [-0.1, -0.05) is 71.0 Å². The molecule has 52 heavy (non-hydrogen) atoms. The molecule has 0 saturated carbocycles. The average Bonchev–Trinajstić information content (AvgIpc) is 3.88. The fourth-order valence-corrected chi connectivity index (χ4v) is 6.86. The van der Waals surface area contributed by atoms with E-state index >= 15 is 0 Å². The van der Waals surface area contributed by atoms with Crippen molar-refractivity contribution in [2.45, 2.75) is 47.3 Å². The summed E-state index contributed by atoms with van der Waals surface area (Å²) in [7, 11) is 4.16. The van der Waals surface area contributed by atoms with E-state index in [0.29, 0.717) is 17.6 Å². The Bertz CT molecular complexity index is 2450. The maximum atomic E-state index is 11.4. The number of aromatic nitrogens is 6. The number of carbonyl (C=O) groups excluding carboxylic acids is 1. The number of aldehydes is 1. The van der Waals surface area contributed by atoms with Crippen molar-refractivity contribution in [2.24, 2.45) is 0 Å². The van der Waals surface area contributed by atoms with E-state index in [1.54, 1.807) is 6.20 Å². The van der Waals surface area contributed by atoms with Crippen LogP contribution in [0, 0.1) is 27.7 Å². The van der Waals surface area contributed by atoms with Crippen LogP contribution in [0.3, 0.4) is 0 Å². The van der Waals surface area contributed by atoms with Crippen molar-refractivity contribution in [2.75, 3.05) is 14.1 Å². The molecule has 0 atom stereocenters. The summed E-state index contributed by atoms with van der Waals surface area (Å²) in [6.07, 6.45) is 8.64. The van der Waals surface area contributed by atoms with Crippen LogP contribution in [0.1, 0.15) is 50.0 Å². The van der Waals surface area contributed by atoms with Crippen LogP contribution in [0.15, 0.2) is 107 Å². The molecule has 0 aliphatic carbocycles. The molecule has 0 bridgehead atoms. The monoisotopic (exact) mass is 691 g/mol. The average molecular weight is 692 g/mol. The standard InChI is InChI=1S/C22H24N4O.C20H17N3O2/c1-15-21(16(2)27-24-15)18-10-20-22(23-11-18)19(13-25(3)4)14-26(20)12-17-8-6-5-7-9-17;1-13-19(14(2)25-22-13)16-8-18-20(21-9-16)17(12-24)11-23(18)10-15-6-4-3-5-7-15/h5-11,14H,12-13H2,1-4H3;3-9,11-12H,10H2,1-2H3. The van der Waals surface area contributed by atoms with Crippen LogP contribution in [0.5, 0.6) is 0 Å². The molecule has 0 amide bonds. The summed E-state index contributed by atoms with van der Waals surface area (Å²) in [4.78, 5) is 23.0. The first-order valence-electron chi connectivity index (χ1n) is 17.2. The third kappa shape index (κ3) is 6.93. The number of hydrogen-bond donors (Lipinski definition) is 0. The first kappa shape index (κ1) is 34.3. The maximum Gasteiger partial charge on any atom is 0.153 e. The number of carbonyl (C=O) groups is 1. The number of aryl methyl sites for hydroxylation is 4. The number of hydrogen-bond acceptors (Lipinski definition) is 8. The first-order chi connectivity index (χ1) is 25.2. The number of fused-ring (bicyclic) bond motifs is 2. The van der Waals surface area contributed by atoms with Crippen LogP contribution in [0.4, 0.5) is 0 Å². The minimum Gasteiger partial charge on any atom is -0.361 e. The van der Waals surface area contributed by atoms with Crippen LogP contribution < -0.4 is 0 Å². The lowest BCUT2D eigenvalue weighted by molar-refractivity contribution is 0.112. The number of pyridine rings is 2. The predicted octanol–water partition coefficient (Wildman–Crippen LogP) is 8.59. The molecular formula is C42H41N7O3. The fourth-order valence-electron chi connectivity index (χ4n) is 6.86. The third-order valence-electron chi connectivity index (χ3n) is 9.19. The molecule has 262 valence electrons. The summed E-state index contributed by atoms with van der Waals surface area (Å²) in [5, 5.41) is 8.11. The lowest BCUT2D eigenvalue weighted by Crippen LogP contribution is -2.10. The summed E-state index contributed by atoms with van der Waals surface area (Å²) < 4.78 is 15.0. The van der Waals surface area contributed by atoms with E-state index in [-0.39, 0.29) is 0 Å². The van der Waals surface area contributed by atoms with E-state index in [2.05, 4.69) is 92.1 Å². The van der Waals surface area contributed by atoms with Gasteiger partial charge in [-0.05, 0) is 65.0 Å². The van der Waals surface area contributed by atoms with Crippen LogP contribution in [-0.4, -0.2) is 54.7 Å². The quantitative estimate of drug-likeness (QED) is 0.139. The molecule has 0 aliphatic rings. The topological polar surface area (TPSA) is 108 Å². The lowest BCUT2D eigenvalue weighted by Gasteiger charge is -2.07. The van der Waals surface area contributed by atoms with Crippen molar-refractivity contribution in [3.63, 3.8) is 0 Å². The summed E-state index contributed by atoms with van der Waals surface area (Å²) in [5.74, 6) is 1.58. The van der Waals surface area contributed by atoms with Gasteiger partial charge in [0.1, 0.15) is 11.5 Å². The highest BCUT2D eigenvalue weighted by Gasteiger charge is 2.18. The summed E-state index contributed by atoms with van der Waals surface area (Å²) in [6, 6.07) is 24.9. The molecule has 6 aromatic heterocycles. The van der Waals surface area contributed by atoms with E-state index in [0.717, 1.165) is 81.1 Å². The molecule has 0 fully saturated rings. The van der Waals surface area contributed by atoms with E-state index in [1.807, 2.05) is 70.4 Å². The van der Waals surface area contributed by atoms with Crippen molar-refractivity contribution < 1.29 is 13.8 Å². The number of rotatable bonds is 9. The van der Waals surface area contributed by atoms with Gasteiger partial charge in [0.25, 0.3) is 0 Å². The van der Waals surface area contributed by atoms with Crippen molar-refractivity contribution in [1.29, 1.82) is 0 Å². The zero-order valence-electron chi connectivity index (χ0n) is 30.3. The molecule has 0 spiro atoms. The highest BCUT2D eigenvalue weighted by molar-refractivity contribution is 5.96. The van der Waals surface area contributed by atoms with Gasteiger partial charge in [-0.25, -0.2) is 0 Å². The van der Waals surface area contributed by atoms with Crippen molar-refractivity contribution in [1.82, 2.24) is 34.3 Å². The van der Waals surface area contributed by atoms with Gasteiger partial charge >= 0.3 is 0 Å². The molecule has 0 unspecified atom stereocenters. The highest BCUT2D eigenvalue weighted by atomic mass is 16.5. The van der Waals surface area contributed by atoms with Gasteiger partial charge < -0.3 is 23.1 Å². The van der Waals surface area contributed by atoms with E-state index in [4.69, 9.17) is 14.0 Å². The van der Waals surface area contributed by atoms with Crippen LogP contribution >= 0.6 is 0 Å². The van der Waals surface area contributed by atoms with Crippen LogP contribution in [0.25, 0.3) is 44.3 Å². The van der Waals surface area contributed by atoms with Gasteiger partial charge in [0.15, 0.2) is 6.29 Å². The molecule has 0 N–H and O–H groups in total. The molecule has 0 radical (unpaired) electrons. The van der Waals surface area contributed by atoms with Gasteiger partial charge in [0.2, 0.25) is 0 Å². The van der Waals surface area contributed by atoms with Crippen LogP contribution in [-0.2, 0) is 19.6 Å². The molecule has 10 nitrogen and oxygen atoms in total. The normalized spacial score (nSPS) is 11.4. The highest BCUT2D eigenvalue weighted by Crippen LogP contribution is 2.32. The minimum absolute atomic E-state index is 0.594. The summed E-state index contributed by atoms with van der Waals surface area (Å²) in [6.45, 7) is 10.1. The van der Waals surface area contributed by atoms with Crippen molar-refractivity contribution in [3.05, 3.63) is 143 Å². The van der Waals surface area contributed by atoms with Gasteiger partial charge in [-0.3, -0.25) is 14.8 Å². The summed E-state index contributed by atoms with van der Waals surface area (Å²) >= 11 is 0. The van der Waals surface area contributed by atoms with Crippen LogP contribution in [0.2, 0.25) is 0 Å². The van der Waals surface area contributed by atoms with E-state index < -0.39 is 0 Å². The fraction of sp³-hybridized carbons (Fsp3) is 0.214. The van der Waals surface area contributed by atoms with Gasteiger partial charge in [0.05, 0.1) is 39.0 Å². The maximum absolute atomic E-state index is 11.4. The lowest BCUT2D eigenvalue weighted by atomic mass is 10.1. The Hall–Kier alpha value is -6.13. The molecule has 0 aliphatic heterocycles. The van der Waals surface area contributed by atoms with E-state index in [9.17, 15) is 4.79 Å². The first-order valence-corrected chi connectivity index (χ1v) is 17.2. The third-order valence-corrected chi connectivity index (χ3v) is 9.19. The smallest absolute Gasteiger partial charge is 0.153 e. The predicted molar refractivity (Wildman–Crippen MR) is 203 cm³/mol. The molecule has 0 saturated heterocycles. The summed E-state index contributed by atoms with van der Waals surface area (Å²) in [5.41, 5.74) is 13.8. The SMILES string of the molecule is Cc1noc(C)c1-c1cnc2c(C=O)cn(Cc3ccccc3)c2c1.Cc1noc(C)c1-c1cnc2c(CN(C)C)cn(Cc3ccccc3)c2c1. The van der Waals surface area contributed by atoms with Gasteiger partial charge in [-0.15, -0.1) is 0 Å². The number of nitrogens with zero attached hydrogens (tertiary/aromatic N) is 7. The Labute approximate surface area is 302 Å². The molecule has 10 heteroatoms. The largest absolute Gasteiger partial charge is 0.361 e. The van der Waals surface area contributed by atoms with Gasteiger partial charge in [-0.2, -0.15) is 0 Å². The van der Waals surface area contributed by atoms with Crippen molar-refractivity contribution >= 4 is 28.4 Å². The Morgan fingerprint density at radius 1 is 0.673 bits per heavy atom. The second-order valence-corrected chi connectivity index (χ2v) is 13.4. The second-order valence-electron chi connectivity index (χ2n) is 13.4. The van der Waals surface area contributed by atoms with E-state index in [1.165, 1.54) is 16.7 Å². The molecule has 8 rings (SSSR count). The molecule has 6 heterocycles. The molecule has 8 aromatic rings. The Morgan fingerprint density at radius 2 is 1.15 bits per heavy atom. The molecular weight excluding hydrogens is 651 g/mol. The zero-order chi connectivity index (χ0) is 36.4. The Balaban J connectivity index is 0.000000162. The minimum atomic E-state index is 0.594. The van der Waals surface area contributed by atoms with Gasteiger partial charge in [0, 0.05) is 72.2 Å². The molecule has 2 aromatic carbocycles. The Kier molecular flexibility index (Phi) is 9.65.